The number of nitrogens with one attached hydrogen (secondary N) is 2. The molecule has 0 unspecified atom stereocenters. The van der Waals surface area contributed by atoms with Crippen LogP contribution in [0.15, 0.2) is 53.3 Å². The number of carbonyl (C=O) groups excluding carboxylic acids is 1. The number of amides is 1. The average molecular weight is 306 g/mol. The summed E-state index contributed by atoms with van der Waals surface area (Å²) in [6.07, 6.45) is 0. The van der Waals surface area contributed by atoms with Crippen LogP contribution in [-0.4, -0.2) is 10.9 Å². The van der Waals surface area contributed by atoms with Crippen LogP contribution in [0, 0.1) is 13.8 Å². The summed E-state index contributed by atoms with van der Waals surface area (Å²) in [6, 6.07) is 15.1. The summed E-state index contributed by atoms with van der Waals surface area (Å²) in [7, 11) is 0. The fraction of sp³-hybridized carbons (Fsp3) is 0.158. The Hall–Kier alpha value is -2.88. The monoisotopic (exact) mass is 306 g/mol. The smallest absolute Gasteiger partial charge is 0.251 e. The van der Waals surface area contributed by atoms with E-state index in [-0.39, 0.29) is 11.5 Å². The second-order valence-corrected chi connectivity index (χ2v) is 5.70. The predicted octanol–water partition coefficient (Wildman–Crippen LogP) is 3.07. The number of H-pyrrole nitrogens is 1. The van der Waals surface area contributed by atoms with Gasteiger partial charge in [0.15, 0.2) is 0 Å². The van der Waals surface area contributed by atoms with E-state index in [1.54, 1.807) is 6.92 Å². The Morgan fingerprint density at radius 1 is 1.04 bits per heavy atom. The third kappa shape index (κ3) is 3.16. The van der Waals surface area contributed by atoms with Gasteiger partial charge in [0.25, 0.3) is 11.5 Å². The average Bonchev–Trinajstić information content (AvgIpc) is 2.54. The minimum absolute atomic E-state index is 0.0712. The number of hydrogen-bond donors (Lipinski definition) is 2. The first kappa shape index (κ1) is 15.0. The number of aromatic amines is 1. The topological polar surface area (TPSA) is 62.0 Å². The minimum Gasteiger partial charge on any atom is -0.348 e. The van der Waals surface area contributed by atoms with Gasteiger partial charge in [0.2, 0.25) is 0 Å². The van der Waals surface area contributed by atoms with E-state index in [2.05, 4.69) is 10.3 Å². The Kier molecular flexibility index (Phi) is 3.98. The third-order valence-electron chi connectivity index (χ3n) is 3.94. The van der Waals surface area contributed by atoms with E-state index in [9.17, 15) is 9.59 Å². The maximum atomic E-state index is 12.2. The zero-order chi connectivity index (χ0) is 16.4. The van der Waals surface area contributed by atoms with Crippen molar-refractivity contribution in [1.82, 2.24) is 10.3 Å². The van der Waals surface area contributed by atoms with Gasteiger partial charge in [-0.15, -0.1) is 0 Å². The lowest BCUT2D eigenvalue weighted by Gasteiger charge is -2.08. The highest BCUT2D eigenvalue weighted by Gasteiger charge is 2.08. The van der Waals surface area contributed by atoms with Crippen LogP contribution in [0.25, 0.3) is 10.9 Å². The summed E-state index contributed by atoms with van der Waals surface area (Å²) < 4.78 is 0. The molecule has 2 N–H and O–H groups in total. The highest BCUT2D eigenvalue weighted by molar-refractivity contribution is 5.95. The molecule has 1 heterocycles. The lowest BCUT2D eigenvalue weighted by atomic mass is 10.1. The lowest BCUT2D eigenvalue weighted by Crippen LogP contribution is -2.23. The van der Waals surface area contributed by atoms with Gasteiger partial charge < -0.3 is 10.3 Å². The van der Waals surface area contributed by atoms with E-state index in [4.69, 9.17) is 0 Å². The molecule has 3 aromatic rings. The number of aryl methyl sites for hydroxylation is 2. The van der Waals surface area contributed by atoms with Crippen molar-refractivity contribution < 1.29 is 4.79 Å². The SMILES string of the molecule is Cc1ccccc1C(=O)NCc1ccc2[nH]c(=O)c(C)cc2c1. The standard InChI is InChI=1S/C19H18N2O2/c1-12-5-3-4-6-16(12)19(23)20-11-14-7-8-17-15(10-14)9-13(2)18(22)21-17/h3-10H,11H2,1-2H3,(H,20,23)(H,21,22). The molecule has 0 atom stereocenters. The van der Waals surface area contributed by atoms with Crippen LogP contribution in [0.1, 0.15) is 27.0 Å². The van der Waals surface area contributed by atoms with Gasteiger partial charge in [-0.2, -0.15) is 0 Å². The van der Waals surface area contributed by atoms with E-state index < -0.39 is 0 Å². The molecule has 1 amide bonds. The molecule has 116 valence electrons. The van der Waals surface area contributed by atoms with E-state index in [0.717, 1.165) is 22.0 Å². The fourth-order valence-corrected chi connectivity index (χ4v) is 2.58. The summed E-state index contributed by atoms with van der Waals surface area (Å²) >= 11 is 0. The zero-order valence-electron chi connectivity index (χ0n) is 13.1. The van der Waals surface area contributed by atoms with E-state index >= 15 is 0 Å². The van der Waals surface area contributed by atoms with Crippen molar-refractivity contribution in [3.8, 4) is 0 Å². The quantitative estimate of drug-likeness (QED) is 0.781. The molecule has 0 saturated heterocycles. The minimum atomic E-state index is -0.0825. The molecule has 0 fully saturated rings. The number of carbonyl (C=O) groups is 1. The number of pyridine rings is 1. The van der Waals surface area contributed by atoms with Crippen LogP contribution in [0.5, 0.6) is 0 Å². The molecule has 0 radical (unpaired) electrons. The molecule has 0 bridgehead atoms. The second-order valence-electron chi connectivity index (χ2n) is 5.70. The van der Waals surface area contributed by atoms with Gasteiger partial charge in [-0.25, -0.2) is 0 Å². The normalized spacial score (nSPS) is 10.7. The van der Waals surface area contributed by atoms with Crippen molar-refractivity contribution >= 4 is 16.8 Å². The van der Waals surface area contributed by atoms with Crippen molar-refractivity contribution in [2.24, 2.45) is 0 Å². The zero-order valence-corrected chi connectivity index (χ0v) is 13.1. The Morgan fingerprint density at radius 3 is 2.61 bits per heavy atom. The van der Waals surface area contributed by atoms with Gasteiger partial charge in [-0.3, -0.25) is 9.59 Å². The molecular weight excluding hydrogens is 288 g/mol. The molecule has 0 aliphatic carbocycles. The Bertz CT molecular complexity index is 941. The summed E-state index contributed by atoms with van der Waals surface area (Å²) in [5, 5.41) is 3.90. The number of fused-ring (bicyclic) bond motifs is 1. The van der Waals surface area contributed by atoms with Crippen molar-refractivity contribution in [2.75, 3.05) is 0 Å². The summed E-state index contributed by atoms with van der Waals surface area (Å²) in [4.78, 5) is 26.7. The van der Waals surface area contributed by atoms with Crippen LogP contribution in [0.4, 0.5) is 0 Å². The molecule has 0 saturated carbocycles. The summed E-state index contributed by atoms with van der Waals surface area (Å²) in [5.41, 5.74) is 4.04. The first-order valence-corrected chi connectivity index (χ1v) is 7.51. The van der Waals surface area contributed by atoms with Gasteiger partial charge in [0, 0.05) is 23.2 Å². The van der Waals surface area contributed by atoms with Gasteiger partial charge in [-0.05, 0) is 54.6 Å². The van der Waals surface area contributed by atoms with Gasteiger partial charge in [0.05, 0.1) is 0 Å². The van der Waals surface area contributed by atoms with E-state index in [1.807, 2.05) is 55.5 Å². The highest BCUT2D eigenvalue weighted by atomic mass is 16.1. The van der Waals surface area contributed by atoms with E-state index in [1.165, 1.54) is 0 Å². The van der Waals surface area contributed by atoms with Gasteiger partial charge in [0.1, 0.15) is 0 Å². The predicted molar refractivity (Wildman–Crippen MR) is 91.7 cm³/mol. The van der Waals surface area contributed by atoms with Crippen molar-refractivity contribution in [1.29, 1.82) is 0 Å². The molecule has 0 aliphatic heterocycles. The summed E-state index contributed by atoms with van der Waals surface area (Å²) in [5.74, 6) is -0.0825. The van der Waals surface area contributed by atoms with E-state index in [0.29, 0.717) is 17.7 Å². The highest BCUT2D eigenvalue weighted by Crippen LogP contribution is 2.14. The number of benzene rings is 2. The van der Waals surface area contributed by atoms with Crippen LogP contribution >= 0.6 is 0 Å². The van der Waals surface area contributed by atoms with Crippen molar-refractivity contribution in [2.45, 2.75) is 20.4 Å². The third-order valence-corrected chi connectivity index (χ3v) is 3.94. The molecule has 4 nitrogen and oxygen atoms in total. The van der Waals surface area contributed by atoms with Crippen LogP contribution in [0.2, 0.25) is 0 Å². The van der Waals surface area contributed by atoms with Crippen molar-refractivity contribution in [3.63, 3.8) is 0 Å². The molecule has 0 spiro atoms. The molecular formula is C19H18N2O2. The molecule has 2 aromatic carbocycles. The Balaban J connectivity index is 1.79. The lowest BCUT2D eigenvalue weighted by molar-refractivity contribution is 0.0950. The van der Waals surface area contributed by atoms with Gasteiger partial charge in [-0.1, -0.05) is 24.3 Å². The number of aromatic nitrogens is 1. The Labute approximate surface area is 134 Å². The van der Waals surface area contributed by atoms with Gasteiger partial charge >= 0.3 is 0 Å². The molecule has 23 heavy (non-hydrogen) atoms. The molecule has 4 heteroatoms. The number of rotatable bonds is 3. The van der Waals surface area contributed by atoms with Crippen molar-refractivity contribution in [3.05, 3.63) is 81.1 Å². The van der Waals surface area contributed by atoms with Crippen LogP contribution in [0.3, 0.4) is 0 Å². The first-order chi connectivity index (χ1) is 11.0. The largest absolute Gasteiger partial charge is 0.348 e. The maximum Gasteiger partial charge on any atom is 0.251 e. The van der Waals surface area contributed by atoms with Crippen LogP contribution < -0.4 is 10.9 Å². The first-order valence-electron chi connectivity index (χ1n) is 7.51. The molecule has 3 rings (SSSR count). The summed E-state index contributed by atoms with van der Waals surface area (Å²) in [6.45, 7) is 4.15. The fourth-order valence-electron chi connectivity index (χ4n) is 2.58. The molecule has 0 aliphatic rings. The van der Waals surface area contributed by atoms with Crippen LogP contribution in [-0.2, 0) is 6.54 Å². The second kappa shape index (κ2) is 6.08. The maximum absolute atomic E-state index is 12.2. The molecule has 1 aromatic heterocycles. The Morgan fingerprint density at radius 2 is 1.83 bits per heavy atom. The number of hydrogen-bond acceptors (Lipinski definition) is 2.